The number of hydrogen-bond acceptors (Lipinski definition) is 3. The van der Waals surface area contributed by atoms with Crippen molar-refractivity contribution in [1.29, 1.82) is 0 Å². The minimum absolute atomic E-state index is 0.0777. The summed E-state index contributed by atoms with van der Waals surface area (Å²) in [5.74, 6) is -1.35. The third-order valence-corrected chi connectivity index (χ3v) is 3.61. The zero-order valence-corrected chi connectivity index (χ0v) is 11.0. The first-order valence-electron chi connectivity index (χ1n) is 6.52. The van der Waals surface area contributed by atoms with E-state index in [9.17, 15) is 9.59 Å². The third-order valence-electron chi connectivity index (χ3n) is 3.61. The molecule has 1 aliphatic carbocycles. The van der Waals surface area contributed by atoms with Gasteiger partial charge in [-0.05, 0) is 31.9 Å². The number of carbonyl (C=O) groups excluding carboxylic acids is 1. The average molecular weight is 262 g/mol. The zero-order valence-electron chi connectivity index (χ0n) is 11.0. The Labute approximate surface area is 112 Å². The van der Waals surface area contributed by atoms with Crippen LogP contribution in [0.3, 0.4) is 0 Å². The molecule has 1 fully saturated rings. The molecule has 1 heterocycles. The molecule has 0 spiro atoms. The molecule has 5 nitrogen and oxygen atoms in total. The van der Waals surface area contributed by atoms with Gasteiger partial charge in [0.15, 0.2) is 0 Å². The van der Waals surface area contributed by atoms with E-state index >= 15 is 0 Å². The van der Waals surface area contributed by atoms with Gasteiger partial charge in [-0.1, -0.05) is 19.3 Å². The number of carbonyl (C=O) groups is 2. The quantitative estimate of drug-likeness (QED) is 0.875. The number of hydrogen-bond donors (Lipinski definition) is 2. The molecule has 1 aromatic heterocycles. The third kappa shape index (κ3) is 3.30. The SMILES string of the molecule is CC1(NC(=O)c2cc(C(=O)O)ccn2)CCCCC1. The summed E-state index contributed by atoms with van der Waals surface area (Å²) in [5, 5.41) is 11.9. The second kappa shape index (κ2) is 5.38. The molecule has 2 N–H and O–H groups in total. The molecule has 19 heavy (non-hydrogen) atoms. The van der Waals surface area contributed by atoms with E-state index in [2.05, 4.69) is 10.3 Å². The van der Waals surface area contributed by atoms with Gasteiger partial charge >= 0.3 is 5.97 Å². The Morgan fingerprint density at radius 1 is 1.32 bits per heavy atom. The highest BCUT2D eigenvalue weighted by Crippen LogP contribution is 2.27. The first-order chi connectivity index (χ1) is 9.00. The maximum absolute atomic E-state index is 12.1. The number of aromatic nitrogens is 1. The summed E-state index contributed by atoms with van der Waals surface area (Å²) >= 11 is 0. The van der Waals surface area contributed by atoms with Crippen LogP contribution in [0, 0.1) is 0 Å². The molecule has 5 heteroatoms. The average Bonchev–Trinajstić information content (AvgIpc) is 2.39. The van der Waals surface area contributed by atoms with Gasteiger partial charge < -0.3 is 10.4 Å². The first-order valence-corrected chi connectivity index (χ1v) is 6.52. The lowest BCUT2D eigenvalue weighted by Crippen LogP contribution is -2.47. The van der Waals surface area contributed by atoms with Crippen LogP contribution in [0.15, 0.2) is 18.3 Å². The van der Waals surface area contributed by atoms with Crippen molar-refractivity contribution in [2.75, 3.05) is 0 Å². The summed E-state index contributed by atoms with van der Waals surface area (Å²) in [6, 6.07) is 2.69. The molecule has 2 rings (SSSR count). The monoisotopic (exact) mass is 262 g/mol. The highest BCUT2D eigenvalue weighted by molar-refractivity contribution is 5.96. The zero-order chi connectivity index (χ0) is 13.9. The molecule has 1 aromatic rings. The van der Waals surface area contributed by atoms with Crippen LogP contribution in [-0.4, -0.2) is 27.5 Å². The molecule has 1 saturated carbocycles. The van der Waals surface area contributed by atoms with Crippen molar-refractivity contribution in [2.24, 2.45) is 0 Å². The van der Waals surface area contributed by atoms with Gasteiger partial charge in [-0.25, -0.2) is 4.79 Å². The molecule has 0 atom stereocenters. The van der Waals surface area contributed by atoms with Crippen LogP contribution in [0.1, 0.15) is 59.9 Å². The molecule has 0 bridgehead atoms. The van der Waals surface area contributed by atoms with Crippen molar-refractivity contribution < 1.29 is 14.7 Å². The topological polar surface area (TPSA) is 79.3 Å². The second-order valence-corrected chi connectivity index (χ2v) is 5.31. The van der Waals surface area contributed by atoms with E-state index in [1.165, 1.54) is 24.8 Å². The summed E-state index contributed by atoms with van der Waals surface area (Å²) < 4.78 is 0. The number of pyridine rings is 1. The summed E-state index contributed by atoms with van der Waals surface area (Å²) in [5.41, 5.74) is 0.0385. The molecular formula is C14H18N2O3. The van der Waals surface area contributed by atoms with Gasteiger partial charge in [0.05, 0.1) is 5.56 Å². The van der Waals surface area contributed by atoms with Crippen LogP contribution in [0.5, 0.6) is 0 Å². The molecule has 0 radical (unpaired) electrons. The summed E-state index contributed by atoms with van der Waals surface area (Å²) in [6.07, 6.45) is 6.69. The van der Waals surface area contributed by atoms with E-state index in [1.807, 2.05) is 6.92 Å². The Bertz CT molecular complexity index is 493. The van der Waals surface area contributed by atoms with Crippen LogP contribution < -0.4 is 5.32 Å². The van der Waals surface area contributed by atoms with Crippen molar-refractivity contribution >= 4 is 11.9 Å². The molecule has 0 saturated heterocycles. The van der Waals surface area contributed by atoms with E-state index < -0.39 is 5.97 Å². The Morgan fingerprint density at radius 2 is 2.00 bits per heavy atom. The van der Waals surface area contributed by atoms with Gasteiger partial charge in [0.1, 0.15) is 5.69 Å². The fourth-order valence-corrected chi connectivity index (χ4v) is 2.48. The van der Waals surface area contributed by atoms with Crippen LogP contribution in [0.4, 0.5) is 0 Å². The van der Waals surface area contributed by atoms with E-state index in [4.69, 9.17) is 5.11 Å². The molecular weight excluding hydrogens is 244 g/mol. The maximum Gasteiger partial charge on any atom is 0.335 e. The highest BCUT2D eigenvalue weighted by atomic mass is 16.4. The lowest BCUT2D eigenvalue weighted by atomic mass is 9.83. The molecule has 102 valence electrons. The van der Waals surface area contributed by atoms with Crippen molar-refractivity contribution in [2.45, 2.75) is 44.6 Å². The van der Waals surface area contributed by atoms with E-state index in [-0.39, 0.29) is 22.7 Å². The Kier molecular flexibility index (Phi) is 3.83. The smallest absolute Gasteiger partial charge is 0.335 e. The van der Waals surface area contributed by atoms with Gasteiger partial charge in [0.2, 0.25) is 0 Å². The first kappa shape index (κ1) is 13.5. The van der Waals surface area contributed by atoms with Crippen LogP contribution in [0.2, 0.25) is 0 Å². The normalized spacial score (nSPS) is 17.7. The fraction of sp³-hybridized carbons (Fsp3) is 0.500. The summed E-state index contributed by atoms with van der Waals surface area (Å²) in [7, 11) is 0. The summed E-state index contributed by atoms with van der Waals surface area (Å²) in [6.45, 7) is 2.03. The van der Waals surface area contributed by atoms with E-state index in [0.717, 1.165) is 25.7 Å². The Hall–Kier alpha value is -1.91. The predicted molar refractivity (Wildman–Crippen MR) is 70.2 cm³/mol. The van der Waals surface area contributed by atoms with E-state index in [0.29, 0.717) is 0 Å². The largest absolute Gasteiger partial charge is 0.478 e. The fourth-order valence-electron chi connectivity index (χ4n) is 2.48. The summed E-state index contributed by atoms with van der Waals surface area (Å²) in [4.78, 5) is 26.9. The Morgan fingerprint density at radius 3 is 2.63 bits per heavy atom. The van der Waals surface area contributed by atoms with Gasteiger partial charge in [0, 0.05) is 11.7 Å². The van der Waals surface area contributed by atoms with Gasteiger partial charge in [-0.15, -0.1) is 0 Å². The number of amides is 1. The van der Waals surface area contributed by atoms with Gasteiger partial charge in [-0.2, -0.15) is 0 Å². The van der Waals surface area contributed by atoms with Gasteiger partial charge in [-0.3, -0.25) is 9.78 Å². The number of carboxylic acid groups (broad SMARTS) is 1. The number of nitrogens with zero attached hydrogens (tertiary/aromatic N) is 1. The number of carboxylic acids is 1. The van der Waals surface area contributed by atoms with Crippen molar-refractivity contribution in [3.8, 4) is 0 Å². The molecule has 0 aromatic carbocycles. The minimum atomic E-state index is -1.06. The number of nitrogens with one attached hydrogen (secondary N) is 1. The number of rotatable bonds is 3. The number of aromatic carboxylic acids is 1. The highest BCUT2D eigenvalue weighted by Gasteiger charge is 2.29. The lowest BCUT2D eigenvalue weighted by molar-refractivity contribution is 0.0696. The molecule has 1 aliphatic rings. The van der Waals surface area contributed by atoms with Crippen molar-refractivity contribution in [3.05, 3.63) is 29.6 Å². The minimum Gasteiger partial charge on any atom is -0.478 e. The van der Waals surface area contributed by atoms with Crippen LogP contribution >= 0.6 is 0 Å². The Balaban J connectivity index is 2.11. The van der Waals surface area contributed by atoms with Crippen LogP contribution in [-0.2, 0) is 0 Å². The van der Waals surface area contributed by atoms with Crippen LogP contribution in [0.25, 0.3) is 0 Å². The van der Waals surface area contributed by atoms with E-state index in [1.54, 1.807) is 0 Å². The maximum atomic E-state index is 12.1. The lowest BCUT2D eigenvalue weighted by Gasteiger charge is -2.34. The van der Waals surface area contributed by atoms with Crippen molar-refractivity contribution in [3.63, 3.8) is 0 Å². The van der Waals surface area contributed by atoms with Gasteiger partial charge in [0.25, 0.3) is 5.91 Å². The second-order valence-electron chi connectivity index (χ2n) is 5.31. The van der Waals surface area contributed by atoms with Crippen molar-refractivity contribution in [1.82, 2.24) is 10.3 Å². The predicted octanol–water partition coefficient (Wildman–Crippen LogP) is 2.23. The molecule has 1 amide bonds. The standard InChI is InChI=1S/C14H18N2O3/c1-14(6-3-2-4-7-14)16-12(17)11-9-10(13(18)19)5-8-15-11/h5,8-9H,2-4,6-7H2,1H3,(H,16,17)(H,18,19). The molecule has 0 aliphatic heterocycles. The molecule has 0 unspecified atom stereocenters.